The van der Waals surface area contributed by atoms with Crippen molar-refractivity contribution in [2.75, 3.05) is 6.61 Å². The zero-order chi connectivity index (χ0) is 48.8. The minimum atomic E-state index is -2.24. The summed E-state index contributed by atoms with van der Waals surface area (Å²) in [7, 11) is 0. The number of phenolic OH excluding ortho intramolecular Hbond substituents is 12. The van der Waals surface area contributed by atoms with E-state index in [9.17, 15) is 96.1 Å². The van der Waals surface area contributed by atoms with Crippen LogP contribution in [0.4, 0.5) is 0 Å². The first-order valence-corrected chi connectivity index (χ1v) is 19.7. The quantitative estimate of drug-likeness (QED) is 0.0685. The first-order valence-electron chi connectivity index (χ1n) is 19.7. The van der Waals surface area contributed by atoms with Gasteiger partial charge in [-0.3, -0.25) is 14.4 Å². The van der Waals surface area contributed by atoms with Crippen molar-refractivity contribution in [2.45, 2.75) is 30.5 Å². The molecule has 0 radical (unpaired) electrons. The van der Waals surface area contributed by atoms with Gasteiger partial charge >= 0.3 is 0 Å². The highest BCUT2D eigenvalue weighted by Crippen LogP contribution is 2.55. The van der Waals surface area contributed by atoms with Gasteiger partial charge in [-0.2, -0.15) is 0 Å². The van der Waals surface area contributed by atoms with Gasteiger partial charge in [-0.15, -0.1) is 0 Å². The van der Waals surface area contributed by atoms with Gasteiger partial charge in [0, 0.05) is 35.4 Å². The molecule has 23 heteroatoms. The lowest BCUT2D eigenvalue weighted by molar-refractivity contribution is -0.232. The fourth-order valence-corrected chi connectivity index (χ4v) is 8.81. The number of aliphatic hydroxyl groups excluding tert-OH is 4. The van der Waals surface area contributed by atoms with Gasteiger partial charge in [-0.1, -0.05) is 0 Å². The third-order valence-corrected chi connectivity index (χ3v) is 12.0. The van der Waals surface area contributed by atoms with Crippen molar-refractivity contribution >= 4 is 65.8 Å². The average Bonchev–Trinajstić information content (AvgIpc) is 3.27. The molecule has 68 heavy (non-hydrogen) atoms. The number of fused-ring (bicyclic) bond motifs is 6. The Morgan fingerprint density at radius 2 is 0.956 bits per heavy atom. The van der Waals surface area contributed by atoms with Crippen LogP contribution in [0.1, 0.15) is 11.7 Å². The molecule has 0 spiro atoms. The van der Waals surface area contributed by atoms with Crippen molar-refractivity contribution in [2.24, 2.45) is 0 Å². The number of phenols is 12. The number of hydrogen-bond donors (Lipinski definition) is 16. The maximum atomic E-state index is 14.6. The molecule has 9 aromatic rings. The van der Waals surface area contributed by atoms with Crippen molar-refractivity contribution in [3.05, 3.63) is 78.7 Å². The molecule has 16 N–H and O–H groups in total. The first kappa shape index (κ1) is 43.0. The van der Waals surface area contributed by atoms with Gasteiger partial charge in [-0.25, -0.2) is 0 Å². The lowest BCUT2D eigenvalue weighted by Gasteiger charge is -2.40. The summed E-state index contributed by atoms with van der Waals surface area (Å²) in [6.45, 7) is -1.00. The van der Waals surface area contributed by atoms with Crippen LogP contribution < -0.4 is 16.3 Å². The van der Waals surface area contributed by atoms with Gasteiger partial charge in [0.15, 0.2) is 39.7 Å². The standard InChI is InChI=1S/C45H30O23/c46-8-22-34(57)40(63)41(64)45(68-22)30-36(59)24(44-29(39(30)62)31(54)10-3-13(48)14(49)6-19(10)65-44)12-5-18(53)43-28(33(12)56)38(61)26-21(67-43)7-16(51)23(35(26)58)11-4-17(52)42-27(32(11)55)37(60)25-15(50)1-9(47)2-20(25)66-42/h1-7,22,34,40-41,45-53,55-59,62-64H,8H2/t22-,34-,40+,41-,45+/m1/s1. The molecule has 10 rings (SSSR count). The summed E-state index contributed by atoms with van der Waals surface area (Å²) in [4.78, 5) is 42.5. The summed E-state index contributed by atoms with van der Waals surface area (Å²) < 4.78 is 22.7. The van der Waals surface area contributed by atoms with E-state index in [0.717, 1.165) is 24.3 Å². The molecule has 1 aliphatic rings. The number of aliphatic hydroxyl groups is 4. The third kappa shape index (κ3) is 5.74. The second-order valence-electron chi connectivity index (χ2n) is 15.9. The van der Waals surface area contributed by atoms with Gasteiger partial charge in [-0.05, 0) is 18.2 Å². The van der Waals surface area contributed by atoms with Crippen molar-refractivity contribution in [3.8, 4) is 91.2 Å². The van der Waals surface area contributed by atoms with E-state index in [1.54, 1.807) is 0 Å². The van der Waals surface area contributed by atoms with Crippen LogP contribution in [0.25, 0.3) is 88.1 Å². The van der Waals surface area contributed by atoms with Crippen molar-refractivity contribution in [3.63, 3.8) is 0 Å². The van der Waals surface area contributed by atoms with Crippen LogP contribution >= 0.6 is 0 Å². The van der Waals surface area contributed by atoms with E-state index in [4.69, 9.17) is 18.0 Å². The molecular formula is C45H30O23. The van der Waals surface area contributed by atoms with E-state index in [1.165, 1.54) is 0 Å². The van der Waals surface area contributed by atoms with Crippen LogP contribution in [0.3, 0.4) is 0 Å². The molecule has 0 aliphatic carbocycles. The summed E-state index contributed by atoms with van der Waals surface area (Å²) in [5.41, 5.74) is -12.1. The normalized spacial score (nSPS) is 18.7. The van der Waals surface area contributed by atoms with E-state index >= 15 is 0 Å². The van der Waals surface area contributed by atoms with Crippen LogP contribution in [-0.4, -0.2) is 113 Å². The lowest BCUT2D eigenvalue weighted by Crippen LogP contribution is -2.55. The second kappa shape index (κ2) is 14.6. The SMILES string of the molecule is O=c1c2cc(O)c(O)cc2oc2c(-c3cc(O)c4oc5cc(O)c(-c6cc(O)c7oc8cc(O)cc(O)c8c(=O)c7c6O)c(O)c5c(=O)c4c3O)c(O)c([C@@H]3O[C@H](CO)[C@@H](O)[C@H](O)[C@H]3O)c(O)c12. The largest absolute Gasteiger partial charge is 0.508 e. The second-order valence-corrected chi connectivity index (χ2v) is 15.9. The molecule has 0 saturated carbocycles. The molecule has 0 bridgehead atoms. The summed E-state index contributed by atoms with van der Waals surface area (Å²) in [5, 5.41) is 171. The number of rotatable bonds is 4. The third-order valence-electron chi connectivity index (χ3n) is 12.0. The minimum absolute atomic E-state index is 0.417. The van der Waals surface area contributed by atoms with E-state index in [-0.39, 0.29) is 0 Å². The van der Waals surface area contributed by atoms with Crippen LogP contribution in [0.15, 0.2) is 70.1 Å². The summed E-state index contributed by atoms with van der Waals surface area (Å²) in [6.07, 6.45) is -10.1. The topological polar surface area (TPSA) is 424 Å². The predicted octanol–water partition coefficient (Wildman–Crippen LogP) is 2.78. The lowest BCUT2D eigenvalue weighted by atomic mass is 9.86. The van der Waals surface area contributed by atoms with Crippen LogP contribution in [0, 0.1) is 0 Å². The molecule has 23 nitrogen and oxygen atoms in total. The smallest absolute Gasteiger partial charge is 0.208 e. The van der Waals surface area contributed by atoms with Gasteiger partial charge in [0.05, 0.1) is 28.7 Å². The van der Waals surface area contributed by atoms with E-state index in [0.29, 0.717) is 18.2 Å². The van der Waals surface area contributed by atoms with Crippen molar-refractivity contribution in [1.82, 2.24) is 0 Å². The van der Waals surface area contributed by atoms with E-state index < -0.39 is 216 Å². The Hall–Kier alpha value is -8.87. The van der Waals surface area contributed by atoms with Gasteiger partial charge in [0.25, 0.3) is 0 Å². The Morgan fingerprint density at radius 3 is 1.57 bits per heavy atom. The summed E-state index contributed by atoms with van der Waals surface area (Å²) in [5.74, 6) is -11.9. The molecular weight excluding hydrogens is 908 g/mol. The molecule has 1 fully saturated rings. The number of hydrogen-bond acceptors (Lipinski definition) is 23. The summed E-state index contributed by atoms with van der Waals surface area (Å²) in [6, 6.07) is 5.32. The molecule has 1 saturated heterocycles. The zero-order valence-corrected chi connectivity index (χ0v) is 33.6. The van der Waals surface area contributed by atoms with Crippen LogP contribution in [-0.2, 0) is 4.74 Å². The fourth-order valence-electron chi connectivity index (χ4n) is 8.81. The first-order chi connectivity index (χ1) is 32.2. The van der Waals surface area contributed by atoms with Gasteiger partial charge in [0.1, 0.15) is 120 Å². The maximum Gasteiger partial charge on any atom is 0.208 e. The maximum absolute atomic E-state index is 14.6. The Bertz CT molecular complexity index is 3940. The highest BCUT2D eigenvalue weighted by atomic mass is 16.5. The molecule has 348 valence electrons. The molecule has 5 atom stereocenters. The minimum Gasteiger partial charge on any atom is -0.508 e. The highest BCUT2D eigenvalue weighted by Gasteiger charge is 2.47. The van der Waals surface area contributed by atoms with Crippen molar-refractivity contribution < 1.29 is 99.7 Å². The van der Waals surface area contributed by atoms with Gasteiger partial charge in [0.2, 0.25) is 16.3 Å². The number of ether oxygens (including phenoxy) is 1. The molecule has 0 amide bonds. The van der Waals surface area contributed by atoms with Crippen LogP contribution in [0.2, 0.25) is 0 Å². The van der Waals surface area contributed by atoms with E-state index in [1.807, 2.05) is 0 Å². The predicted molar refractivity (Wildman–Crippen MR) is 231 cm³/mol. The van der Waals surface area contributed by atoms with Crippen LogP contribution in [0.5, 0.6) is 69.0 Å². The Kier molecular flexibility index (Phi) is 9.22. The molecule has 3 aromatic heterocycles. The van der Waals surface area contributed by atoms with Gasteiger partial charge < -0.3 is 99.7 Å². The number of aromatic hydroxyl groups is 12. The molecule has 6 aromatic carbocycles. The summed E-state index contributed by atoms with van der Waals surface area (Å²) >= 11 is 0. The molecule has 1 aliphatic heterocycles. The Balaban J connectivity index is 1.28. The Morgan fingerprint density at radius 1 is 0.426 bits per heavy atom. The molecule has 4 heterocycles. The Labute approximate surface area is 372 Å². The molecule has 0 unspecified atom stereocenters. The monoisotopic (exact) mass is 938 g/mol. The zero-order valence-electron chi connectivity index (χ0n) is 33.6. The number of benzene rings is 6. The average molecular weight is 939 g/mol. The highest BCUT2D eigenvalue weighted by molar-refractivity contribution is 6.11. The van der Waals surface area contributed by atoms with Crippen molar-refractivity contribution in [1.29, 1.82) is 0 Å². The fraction of sp³-hybridized carbons (Fsp3) is 0.133. The van der Waals surface area contributed by atoms with E-state index in [2.05, 4.69) is 0 Å².